The topological polar surface area (TPSA) is 58.6 Å². The van der Waals surface area contributed by atoms with E-state index in [0.717, 1.165) is 0 Å². The first-order valence-electron chi connectivity index (χ1n) is 8.13. The van der Waals surface area contributed by atoms with Gasteiger partial charge < -0.3 is 15.0 Å². The molecule has 0 fully saturated rings. The van der Waals surface area contributed by atoms with Crippen LogP contribution in [0, 0.1) is 5.82 Å². The molecule has 0 saturated carbocycles. The van der Waals surface area contributed by atoms with Crippen LogP contribution in [0.15, 0.2) is 42.5 Å². The number of rotatable bonds is 4. The molecule has 0 atom stereocenters. The van der Waals surface area contributed by atoms with Gasteiger partial charge in [0.1, 0.15) is 18.2 Å². The first kappa shape index (κ1) is 17.0. The Bertz CT molecular complexity index is 807. The fourth-order valence-corrected chi connectivity index (χ4v) is 2.80. The summed E-state index contributed by atoms with van der Waals surface area (Å²) in [6.07, 6.45) is 0.510. The molecule has 0 bridgehead atoms. The Hall–Kier alpha value is -2.89. The van der Waals surface area contributed by atoms with Crippen molar-refractivity contribution in [1.82, 2.24) is 0 Å². The van der Waals surface area contributed by atoms with Crippen LogP contribution in [0.3, 0.4) is 0 Å². The van der Waals surface area contributed by atoms with Crippen LogP contribution in [-0.4, -0.2) is 25.0 Å². The van der Waals surface area contributed by atoms with Crippen LogP contribution in [-0.2, 0) is 16.0 Å². The summed E-state index contributed by atoms with van der Waals surface area (Å²) in [5.74, 6) is 0.00354. The van der Waals surface area contributed by atoms with Gasteiger partial charge in [0, 0.05) is 25.1 Å². The van der Waals surface area contributed by atoms with E-state index in [0.29, 0.717) is 42.3 Å². The molecular formula is C19H19FN2O3. The number of carbonyl (C=O) groups is 2. The normalized spacial score (nSPS) is 13.0. The molecule has 0 spiro atoms. The third-order valence-corrected chi connectivity index (χ3v) is 4.07. The zero-order valence-corrected chi connectivity index (χ0v) is 13.9. The molecule has 1 N–H and O–H groups in total. The maximum Gasteiger partial charge on any atom is 0.224 e. The lowest BCUT2D eigenvalue weighted by Crippen LogP contribution is -2.36. The Kier molecular flexibility index (Phi) is 4.97. The van der Waals surface area contributed by atoms with Gasteiger partial charge in [0.15, 0.2) is 0 Å². The molecule has 0 unspecified atom stereocenters. The Labute approximate surface area is 145 Å². The van der Waals surface area contributed by atoms with Gasteiger partial charge in [-0.15, -0.1) is 0 Å². The van der Waals surface area contributed by atoms with Crippen LogP contribution in [0.4, 0.5) is 15.8 Å². The number of ether oxygens (including phenoxy) is 1. The Balaban J connectivity index is 1.64. The number of nitrogens with one attached hydrogen (secondary N) is 1. The molecule has 2 amide bonds. The van der Waals surface area contributed by atoms with Gasteiger partial charge in [-0.2, -0.15) is 0 Å². The molecule has 1 aliphatic rings. The molecule has 130 valence electrons. The van der Waals surface area contributed by atoms with Crippen molar-refractivity contribution < 1.29 is 18.7 Å². The fourth-order valence-electron chi connectivity index (χ4n) is 2.80. The summed E-state index contributed by atoms with van der Waals surface area (Å²) in [7, 11) is 0. The molecule has 0 aromatic heterocycles. The lowest BCUT2D eigenvalue weighted by atomic mass is 10.1. The zero-order chi connectivity index (χ0) is 17.8. The maximum atomic E-state index is 13.6. The largest absolute Gasteiger partial charge is 0.489 e. The second-order valence-corrected chi connectivity index (χ2v) is 5.84. The molecule has 5 nitrogen and oxygen atoms in total. The van der Waals surface area contributed by atoms with E-state index in [4.69, 9.17) is 4.74 Å². The number of amides is 2. The zero-order valence-electron chi connectivity index (χ0n) is 13.9. The Morgan fingerprint density at radius 2 is 2.04 bits per heavy atom. The van der Waals surface area contributed by atoms with Crippen molar-refractivity contribution in [3.8, 4) is 5.75 Å². The maximum absolute atomic E-state index is 13.6. The van der Waals surface area contributed by atoms with Gasteiger partial charge in [0.05, 0.1) is 12.2 Å². The molecule has 0 saturated heterocycles. The van der Waals surface area contributed by atoms with Crippen molar-refractivity contribution in [2.45, 2.75) is 19.8 Å². The predicted octanol–water partition coefficient (Wildman–Crippen LogP) is 3.14. The van der Waals surface area contributed by atoms with E-state index in [1.807, 2.05) is 0 Å². The molecule has 0 aliphatic carbocycles. The molecular weight excluding hydrogens is 323 g/mol. The highest BCUT2D eigenvalue weighted by atomic mass is 19.1. The number of nitrogens with zero attached hydrogens (tertiary/aromatic N) is 1. The quantitative estimate of drug-likeness (QED) is 0.929. The number of anilines is 2. The average molecular weight is 342 g/mol. The molecule has 25 heavy (non-hydrogen) atoms. The number of aryl methyl sites for hydroxylation is 1. The van der Waals surface area contributed by atoms with Gasteiger partial charge in [-0.1, -0.05) is 18.2 Å². The second kappa shape index (κ2) is 7.34. The van der Waals surface area contributed by atoms with E-state index in [-0.39, 0.29) is 24.1 Å². The van der Waals surface area contributed by atoms with Crippen molar-refractivity contribution in [2.75, 3.05) is 23.4 Å². The summed E-state index contributed by atoms with van der Waals surface area (Å²) in [6.45, 7) is 2.43. The van der Waals surface area contributed by atoms with Gasteiger partial charge in [-0.3, -0.25) is 9.59 Å². The Morgan fingerprint density at radius 1 is 1.24 bits per heavy atom. The second-order valence-electron chi connectivity index (χ2n) is 5.84. The summed E-state index contributed by atoms with van der Waals surface area (Å²) in [5.41, 5.74) is 1.80. The van der Waals surface area contributed by atoms with Crippen LogP contribution in [0.2, 0.25) is 0 Å². The summed E-state index contributed by atoms with van der Waals surface area (Å²) >= 11 is 0. The van der Waals surface area contributed by atoms with Crippen molar-refractivity contribution in [1.29, 1.82) is 0 Å². The third kappa shape index (κ3) is 3.96. The summed E-state index contributed by atoms with van der Waals surface area (Å²) in [5, 5.41) is 2.78. The minimum absolute atomic E-state index is 0.0498. The van der Waals surface area contributed by atoms with E-state index in [1.165, 1.54) is 13.0 Å². The summed E-state index contributed by atoms with van der Waals surface area (Å²) < 4.78 is 19.2. The lowest BCUT2D eigenvalue weighted by Gasteiger charge is -2.29. The van der Waals surface area contributed by atoms with Crippen LogP contribution in [0.25, 0.3) is 0 Å². The number of carbonyl (C=O) groups excluding carboxylic acids is 2. The fraction of sp³-hybridized carbons (Fsp3) is 0.263. The van der Waals surface area contributed by atoms with Crippen LogP contribution < -0.4 is 15.0 Å². The van der Waals surface area contributed by atoms with Gasteiger partial charge in [-0.25, -0.2) is 4.39 Å². The van der Waals surface area contributed by atoms with Crippen LogP contribution in [0.5, 0.6) is 5.75 Å². The van der Waals surface area contributed by atoms with Crippen molar-refractivity contribution in [2.24, 2.45) is 0 Å². The number of benzene rings is 2. The predicted molar refractivity (Wildman–Crippen MR) is 93.3 cm³/mol. The number of fused-ring (bicyclic) bond motifs is 1. The van der Waals surface area contributed by atoms with Crippen molar-refractivity contribution >= 4 is 23.2 Å². The van der Waals surface area contributed by atoms with Gasteiger partial charge >= 0.3 is 0 Å². The van der Waals surface area contributed by atoms with Gasteiger partial charge in [-0.05, 0) is 30.2 Å². The third-order valence-electron chi connectivity index (χ3n) is 4.07. The SMILES string of the molecule is CC(=O)N1CCOc2cc(NC(=O)CCc3ccccc3F)ccc21. The first-order chi connectivity index (χ1) is 12.0. The Morgan fingerprint density at radius 3 is 2.80 bits per heavy atom. The van der Waals surface area contributed by atoms with E-state index in [2.05, 4.69) is 5.32 Å². The average Bonchev–Trinajstić information content (AvgIpc) is 2.60. The molecule has 2 aromatic carbocycles. The highest BCUT2D eigenvalue weighted by molar-refractivity contribution is 5.95. The van der Waals surface area contributed by atoms with Crippen molar-refractivity contribution in [3.05, 3.63) is 53.8 Å². The molecule has 3 rings (SSSR count). The minimum atomic E-state index is -0.304. The number of hydrogen-bond acceptors (Lipinski definition) is 3. The van der Waals surface area contributed by atoms with E-state index in [1.54, 1.807) is 41.3 Å². The standard InChI is InChI=1S/C19H19FN2O3/c1-13(23)22-10-11-25-18-12-15(7-8-17(18)22)21-19(24)9-6-14-4-2-3-5-16(14)20/h2-5,7-8,12H,6,9-11H2,1H3,(H,21,24). The molecule has 1 aliphatic heterocycles. The number of halogens is 1. The minimum Gasteiger partial charge on any atom is -0.489 e. The monoisotopic (exact) mass is 342 g/mol. The summed E-state index contributed by atoms with van der Waals surface area (Å²) in [6, 6.07) is 11.6. The molecule has 2 aromatic rings. The molecule has 6 heteroatoms. The highest BCUT2D eigenvalue weighted by Gasteiger charge is 2.21. The highest BCUT2D eigenvalue weighted by Crippen LogP contribution is 2.34. The lowest BCUT2D eigenvalue weighted by molar-refractivity contribution is -0.117. The summed E-state index contributed by atoms with van der Waals surface area (Å²) in [4.78, 5) is 25.4. The number of hydrogen-bond donors (Lipinski definition) is 1. The van der Waals surface area contributed by atoms with E-state index in [9.17, 15) is 14.0 Å². The molecule has 1 heterocycles. The van der Waals surface area contributed by atoms with Crippen LogP contribution in [0.1, 0.15) is 18.9 Å². The van der Waals surface area contributed by atoms with E-state index >= 15 is 0 Å². The first-order valence-corrected chi connectivity index (χ1v) is 8.13. The molecule has 0 radical (unpaired) electrons. The van der Waals surface area contributed by atoms with Crippen LogP contribution >= 0.6 is 0 Å². The van der Waals surface area contributed by atoms with Gasteiger partial charge in [0.2, 0.25) is 11.8 Å². The van der Waals surface area contributed by atoms with Gasteiger partial charge in [0.25, 0.3) is 0 Å². The van der Waals surface area contributed by atoms with E-state index < -0.39 is 0 Å². The smallest absolute Gasteiger partial charge is 0.224 e. The van der Waals surface area contributed by atoms with Crippen molar-refractivity contribution in [3.63, 3.8) is 0 Å².